The number of amides is 3. The summed E-state index contributed by atoms with van der Waals surface area (Å²) in [6, 6.07) is -0.737. The molecule has 0 radical (unpaired) electrons. The Kier molecular flexibility index (Phi) is 5.59. The van der Waals surface area contributed by atoms with Crippen LogP contribution in [0.4, 0.5) is 4.79 Å². The first-order chi connectivity index (χ1) is 8.97. The fraction of sp³-hybridized carbons (Fsp3) is 0.750. The molecular formula is C12H21N3O4. The van der Waals surface area contributed by atoms with Gasteiger partial charge in [0.05, 0.1) is 12.5 Å². The monoisotopic (exact) mass is 271 g/mol. The van der Waals surface area contributed by atoms with E-state index in [1.54, 1.807) is 6.92 Å². The summed E-state index contributed by atoms with van der Waals surface area (Å²) in [6.45, 7) is 4.55. The van der Waals surface area contributed by atoms with Crippen molar-refractivity contribution >= 4 is 17.9 Å². The van der Waals surface area contributed by atoms with E-state index in [9.17, 15) is 14.4 Å². The van der Waals surface area contributed by atoms with Crippen LogP contribution in [0.3, 0.4) is 0 Å². The highest BCUT2D eigenvalue weighted by Crippen LogP contribution is 2.23. The Balaban J connectivity index is 2.38. The summed E-state index contributed by atoms with van der Waals surface area (Å²) in [5.74, 6) is -1.65. The van der Waals surface area contributed by atoms with Gasteiger partial charge in [0, 0.05) is 19.1 Å². The highest BCUT2D eigenvalue weighted by molar-refractivity contribution is 5.84. The second-order valence-electron chi connectivity index (χ2n) is 4.68. The molecule has 1 saturated heterocycles. The predicted octanol–water partition coefficient (Wildman–Crippen LogP) is 0.0172. The Morgan fingerprint density at radius 1 is 1.32 bits per heavy atom. The van der Waals surface area contributed by atoms with E-state index in [2.05, 4.69) is 10.6 Å². The molecule has 3 N–H and O–H groups in total. The Morgan fingerprint density at radius 2 is 2.00 bits per heavy atom. The van der Waals surface area contributed by atoms with Crippen LogP contribution in [0.15, 0.2) is 0 Å². The number of carbonyl (C=O) groups is 3. The Morgan fingerprint density at radius 3 is 2.53 bits per heavy atom. The zero-order valence-corrected chi connectivity index (χ0v) is 11.3. The molecule has 0 spiro atoms. The van der Waals surface area contributed by atoms with Crippen molar-refractivity contribution in [2.75, 3.05) is 19.6 Å². The number of carboxylic acid groups (broad SMARTS) is 1. The summed E-state index contributed by atoms with van der Waals surface area (Å²) in [4.78, 5) is 35.6. The SMILES string of the molecule is CCCNC(=O)CNC(=O)N1CCC(C(=O)O)C1C. The summed E-state index contributed by atoms with van der Waals surface area (Å²) in [7, 11) is 0. The van der Waals surface area contributed by atoms with Crippen LogP contribution in [0.25, 0.3) is 0 Å². The molecule has 2 unspecified atom stereocenters. The lowest BCUT2D eigenvalue weighted by atomic mass is 10.0. The lowest BCUT2D eigenvalue weighted by Gasteiger charge is -2.23. The standard InChI is InChI=1S/C12H21N3O4/c1-3-5-13-10(16)7-14-12(19)15-6-4-9(8(15)2)11(17)18/h8-9H,3-7H2,1-2H3,(H,13,16)(H,14,19)(H,17,18). The average molecular weight is 271 g/mol. The number of aliphatic carboxylic acids is 1. The van der Waals surface area contributed by atoms with E-state index >= 15 is 0 Å². The summed E-state index contributed by atoms with van der Waals surface area (Å²) in [6.07, 6.45) is 1.29. The van der Waals surface area contributed by atoms with Crippen molar-refractivity contribution in [3.63, 3.8) is 0 Å². The maximum Gasteiger partial charge on any atom is 0.318 e. The van der Waals surface area contributed by atoms with Gasteiger partial charge < -0.3 is 20.6 Å². The molecule has 7 heteroatoms. The van der Waals surface area contributed by atoms with Gasteiger partial charge in [-0.3, -0.25) is 9.59 Å². The van der Waals surface area contributed by atoms with Crippen molar-refractivity contribution in [1.82, 2.24) is 15.5 Å². The number of nitrogens with one attached hydrogen (secondary N) is 2. The fourth-order valence-electron chi connectivity index (χ4n) is 2.14. The highest BCUT2D eigenvalue weighted by atomic mass is 16.4. The van der Waals surface area contributed by atoms with Crippen molar-refractivity contribution in [1.29, 1.82) is 0 Å². The molecule has 0 aromatic carbocycles. The molecule has 0 bridgehead atoms. The Bertz CT molecular complexity index is 359. The van der Waals surface area contributed by atoms with Crippen LogP contribution in [-0.2, 0) is 9.59 Å². The molecule has 1 heterocycles. The van der Waals surface area contributed by atoms with Crippen LogP contribution in [0, 0.1) is 5.92 Å². The number of carboxylic acids is 1. The van der Waals surface area contributed by atoms with Crippen molar-refractivity contribution in [3.05, 3.63) is 0 Å². The van der Waals surface area contributed by atoms with Crippen LogP contribution < -0.4 is 10.6 Å². The third-order valence-corrected chi connectivity index (χ3v) is 3.31. The summed E-state index contributed by atoms with van der Waals surface area (Å²) < 4.78 is 0. The van der Waals surface area contributed by atoms with E-state index in [1.807, 2.05) is 6.92 Å². The van der Waals surface area contributed by atoms with Gasteiger partial charge in [0.1, 0.15) is 0 Å². The molecule has 3 amide bonds. The molecule has 2 atom stereocenters. The van der Waals surface area contributed by atoms with E-state index in [0.717, 1.165) is 6.42 Å². The quantitative estimate of drug-likeness (QED) is 0.656. The molecule has 7 nitrogen and oxygen atoms in total. The summed E-state index contributed by atoms with van der Waals surface area (Å²) >= 11 is 0. The molecule has 1 fully saturated rings. The Hall–Kier alpha value is -1.79. The van der Waals surface area contributed by atoms with E-state index in [1.165, 1.54) is 4.90 Å². The van der Waals surface area contributed by atoms with Crippen molar-refractivity contribution in [3.8, 4) is 0 Å². The predicted molar refractivity (Wildman–Crippen MR) is 68.6 cm³/mol. The normalized spacial score (nSPS) is 22.1. The van der Waals surface area contributed by atoms with E-state index in [0.29, 0.717) is 19.5 Å². The van der Waals surface area contributed by atoms with Gasteiger partial charge in [-0.2, -0.15) is 0 Å². The van der Waals surface area contributed by atoms with Gasteiger partial charge in [-0.25, -0.2) is 4.79 Å². The third-order valence-electron chi connectivity index (χ3n) is 3.31. The maximum absolute atomic E-state index is 11.8. The number of hydrogen-bond donors (Lipinski definition) is 3. The average Bonchev–Trinajstić information content (AvgIpc) is 2.75. The van der Waals surface area contributed by atoms with Gasteiger partial charge in [-0.1, -0.05) is 6.92 Å². The first kappa shape index (κ1) is 15.3. The minimum Gasteiger partial charge on any atom is -0.481 e. The van der Waals surface area contributed by atoms with Gasteiger partial charge in [-0.05, 0) is 19.8 Å². The van der Waals surface area contributed by atoms with Crippen LogP contribution in [0.1, 0.15) is 26.7 Å². The minimum atomic E-state index is -0.886. The fourth-order valence-corrected chi connectivity index (χ4v) is 2.14. The number of likely N-dealkylation sites (tertiary alicyclic amines) is 1. The molecule has 19 heavy (non-hydrogen) atoms. The van der Waals surface area contributed by atoms with Gasteiger partial charge in [-0.15, -0.1) is 0 Å². The van der Waals surface area contributed by atoms with Crippen molar-refractivity contribution in [2.24, 2.45) is 5.92 Å². The minimum absolute atomic E-state index is 0.0835. The van der Waals surface area contributed by atoms with Gasteiger partial charge in [0.15, 0.2) is 0 Å². The summed E-state index contributed by atoms with van der Waals surface area (Å²) in [5.41, 5.74) is 0. The molecule has 0 aromatic rings. The topological polar surface area (TPSA) is 98.7 Å². The Labute approximate surface area is 112 Å². The largest absolute Gasteiger partial charge is 0.481 e. The number of nitrogens with zero attached hydrogens (tertiary/aromatic N) is 1. The molecule has 1 aliphatic rings. The first-order valence-corrected chi connectivity index (χ1v) is 6.51. The number of hydrogen-bond acceptors (Lipinski definition) is 3. The van der Waals surface area contributed by atoms with Gasteiger partial charge in [0.25, 0.3) is 0 Å². The molecule has 0 saturated carbocycles. The lowest BCUT2D eigenvalue weighted by Crippen LogP contribution is -2.47. The van der Waals surface area contributed by atoms with Crippen molar-refractivity contribution < 1.29 is 19.5 Å². The van der Waals surface area contributed by atoms with E-state index in [4.69, 9.17) is 5.11 Å². The van der Waals surface area contributed by atoms with Crippen LogP contribution in [-0.4, -0.2) is 53.6 Å². The van der Waals surface area contributed by atoms with Crippen LogP contribution in [0.5, 0.6) is 0 Å². The number of carbonyl (C=O) groups excluding carboxylic acids is 2. The van der Waals surface area contributed by atoms with Gasteiger partial charge in [0.2, 0.25) is 5.91 Å². The molecule has 0 aliphatic carbocycles. The number of rotatable bonds is 5. The molecular weight excluding hydrogens is 250 g/mol. The number of urea groups is 1. The highest BCUT2D eigenvalue weighted by Gasteiger charge is 2.38. The second-order valence-corrected chi connectivity index (χ2v) is 4.68. The molecule has 0 aromatic heterocycles. The van der Waals surface area contributed by atoms with Gasteiger partial charge >= 0.3 is 12.0 Å². The zero-order chi connectivity index (χ0) is 14.4. The molecule has 1 aliphatic heterocycles. The molecule has 108 valence electrons. The van der Waals surface area contributed by atoms with Crippen LogP contribution in [0.2, 0.25) is 0 Å². The van der Waals surface area contributed by atoms with Crippen LogP contribution >= 0.6 is 0 Å². The van der Waals surface area contributed by atoms with E-state index in [-0.39, 0.29) is 24.5 Å². The third kappa shape index (κ3) is 4.11. The zero-order valence-electron chi connectivity index (χ0n) is 11.3. The lowest BCUT2D eigenvalue weighted by molar-refractivity contribution is -0.142. The first-order valence-electron chi connectivity index (χ1n) is 6.51. The molecule has 1 rings (SSSR count). The maximum atomic E-state index is 11.8. The van der Waals surface area contributed by atoms with Crippen molar-refractivity contribution in [2.45, 2.75) is 32.7 Å². The summed E-state index contributed by atoms with van der Waals surface area (Å²) in [5, 5.41) is 14.1. The smallest absolute Gasteiger partial charge is 0.318 e. The van der Waals surface area contributed by atoms with E-state index < -0.39 is 11.9 Å². The second kappa shape index (κ2) is 6.96.